The molecular weight excluding hydrogens is 316 g/mol. The van der Waals surface area contributed by atoms with Crippen LogP contribution in [0.3, 0.4) is 0 Å². The second-order valence-corrected chi connectivity index (χ2v) is 6.87. The maximum atomic E-state index is 5.71. The summed E-state index contributed by atoms with van der Waals surface area (Å²) in [5.41, 5.74) is 10.2. The van der Waals surface area contributed by atoms with Crippen molar-refractivity contribution in [3.63, 3.8) is 0 Å². The van der Waals surface area contributed by atoms with E-state index in [1.54, 1.807) is 18.9 Å². The van der Waals surface area contributed by atoms with Crippen LogP contribution in [0.4, 0.5) is 0 Å². The van der Waals surface area contributed by atoms with Crippen LogP contribution in [0, 0.1) is 0 Å². The summed E-state index contributed by atoms with van der Waals surface area (Å²) in [5.74, 6) is 1.38. The van der Waals surface area contributed by atoms with Crippen molar-refractivity contribution in [3.05, 3.63) is 59.3 Å². The van der Waals surface area contributed by atoms with E-state index in [1.807, 2.05) is 0 Å². The summed E-state index contributed by atoms with van der Waals surface area (Å²) in [6.45, 7) is 0.629. The lowest BCUT2D eigenvalue weighted by Crippen LogP contribution is -2.01. The van der Waals surface area contributed by atoms with Crippen molar-refractivity contribution in [2.45, 2.75) is 30.1 Å². The van der Waals surface area contributed by atoms with Gasteiger partial charge in [-0.2, -0.15) is 0 Å². The molecule has 1 aromatic carbocycles. The maximum Gasteiger partial charge on any atom is 0.217 e. The first kappa shape index (κ1) is 17.1. The van der Waals surface area contributed by atoms with Crippen LogP contribution >= 0.6 is 11.8 Å². The summed E-state index contributed by atoms with van der Waals surface area (Å²) >= 11 is 1.75. The van der Waals surface area contributed by atoms with Crippen LogP contribution in [-0.2, 0) is 0 Å². The molecule has 0 bridgehead atoms. The molecule has 1 saturated carbocycles. The van der Waals surface area contributed by atoms with Crippen LogP contribution < -0.4 is 10.5 Å². The number of thioether (sulfide) groups is 1. The number of pyridine rings is 1. The largest absolute Gasteiger partial charge is 0.481 e. The number of rotatable bonds is 7. The Morgan fingerprint density at radius 2 is 2.00 bits per heavy atom. The van der Waals surface area contributed by atoms with E-state index in [0.717, 1.165) is 29.1 Å². The van der Waals surface area contributed by atoms with E-state index in [4.69, 9.17) is 15.5 Å². The molecule has 0 radical (unpaired) electrons. The number of hydrogen-bond acceptors (Lipinski definition) is 4. The first-order valence-corrected chi connectivity index (χ1v) is 9.59. The van der Waals surface area contributed by atoms with Crippen molar-refractivity contribution in [1.29, 1.82) is 0 Å². The van der Waals surface area contributed by atoms with Gasteiger partial charge in [-0.1, -0.05) is 24.3 Å². The molecule has 126 valence electrons. The number of methoxy groups -OCH3 is 1. The summed E-state index contributed by atoms with van der Waals surface area (Å²) in [6, 6.07) is 12.9. The quantitative estimate of drug-likeness (QED) is 0.756. The molecule has 24 heavy (non-hydrogen) atoms. The molecule has 3 nitrogen and oxygen atoms in total. The fourth-order valence-electron chi connectivity index (χ4n) is 2.84. The van der Waals surface area contributed by atoms with Gasteiger partial charge in [-0.25, -0.2) is 4.98 Å². The smallest absolute Gasteiger partial charge is 0.217 e. The minimum Gasteiger partial charge on any atom is -0.481 e. The fraction of sp³-hybridized carbons (Fsp3) is 0.350. The highest BCUT2D eigenvalue weighted by atomic mass is 32.2. The molecule has 1 heterocycles. The first-order valence-electron chi connectivity index (χ1n) is 8.36. The average molecular weight is 340 g/mol. The monoisotopic (exact) mass is 340 g/mol. The van der Waals surface area contributed by atoms with Gasteiger partial charge in [-0.3, -0.25) is 0 Å². The average Bonchev–Trinajstić information content (AvgIpc) is 3.47. The second-order valence-electron chi connectivity index (χ2n) is 5.99. The van der Waals surface area contributed by atoms with E-state index < -0.39 is 0 Å². The molecule has 3 rings (SSSR count). The highest BCUT2D eigenvalue weighted by Crippen LogP contribution is 2.44. The third kappa shape index (κ3) is 3.82. The zero-order valence-electron chi connectivity index (χ0n) is 14.3. The van der Waals surface area contributed by atoms with Crippen molar-refractivity contribution < 1.29 is 4.74 Å². The molecule has 0 spiro atoms. The minimum absolute atomic E-state index is 0.624. The molecule has 1 aliphatic rings. The lowest BCUT2D eigenvalue weighted by atomic mass is 10.00. The minimum atomic E-state index is 0.624. The topological polar surface area (TPSA) is 48.1 Å². The molecule has 1 aliphatic carbocycles. The van der Waals surface area contributed by atoms with Crippen molar-refractivity contribution in [2.75, 3.05) is 19.9 Å². The Labute approximate surface area is 148 Å². The zero-order valence-corrected chi connectivity index (χ0v) is 15.1. The standard InChI is InChI=1S/C20H24N2OS/c1-23-20-18(15-5-6-15)11-12-19(22-20)17(4-3-13-21)14-7-9-16(24-2)10-8-14/h4,7-12,15H,3,5-6,13,21H2,1-2H3. The molecule has 1 aromatic heterocycles. The van der Waals surface area contributed by atoms with E-state index in [9.17, 15) is 0 Å². The van der Waals surface area contributed by atoms with Crippen LogP contribution in [-0.4, -0.2) is 24.9 Å². The lowest BCUT2D eigenvalue weighted by Gasteiger charge is -2.12. The summed E-state index contributed by atoms with van der Waals surface area (Å²) in [5, 5.41) is 0. The number of aromatic nitrogens is 1. The highest BCUT2D eigenvalue weighted by molar-refractivity contribution is 7.98. The van der Waals surface area contributed by atoms with Crippen LogP contribution in [0.15, 0.2) is 47.4 Å². The predicted octanol–water partition coefficient (Wildman–Crippen LogP) is 4.47. The van der Waals surface area contributed by atoms with Crippen LogP contribution in [0.25, 0.3) is 5.57 Å². The van der Waals surface area contributed by atoms with Gasteiger partial charge in [0.1, 0.15) is 0 Å². The van der Waals surface area contributed by atoms with Gasteiger partial charge in [0.15, 0.2) is 0 Å². The van der Waals surface area contributed by atoms with Crippen molar-refractivity contribution in [2.24, 2.45) is 5.73 Å². The molecule has 0 unspecified atom stereocenters. The molecule has 2 N–H and O–H groups in total. The van der Waals surface area contributed by atoms with Crippen LogP contribution in [0.1, 0.15) is 42.0 Å². The molecule has 1 fully saturated rings. The van der Waals surface area contributed by atoms with Crippen molar-refractivity contribution in [1.82, 2.24) is 4.98 Å². The number of benzene rings is 1. The van der Waals surface area contributed by atoms with E-state index in [0.29, 0.717) is 12.5 Å². The molecule has 0 aliphatic heterocycles. The first-order chi connectivity index (χ1) is 11.8. The summed E-state index contributed by atoms with van der Waals surface area (Å²) < 4.78 is 5.55. The van der Waals surface area contributed by atoms with Gasteiger partial charge in [0, 0.05) is 16.0 Å². The van der Waals surface area contributed by atoms with Gasteiger partial charge in [-0.15, -0.1) is 11.8 Å². The normalized spacial score (nSPS) is 14.7. The Morgan fingerprint density at radius 1 is 1.25 bits per heavy atom. The second kappa shape index (κ2) is 7.86. The molecule has 0 amide bonds. The summed E-state index contributed by atoms with van der Waals surface area (Å²) in [7, 11) is 1.70. The van der Waals surface area contributed by atoms with Crippen molar-refractivity contribution >= 4 is 17.3 Å². The Hall–Kier alpha value is -1.78. The number of nitrogens with zero attached hydrogens (tertiary/aromatic N) is 1. The summed E-state index contributed by atoms with van der Waals surface area (Å²) in [6.07, 6.45) is 7.57. The number of ether oxygens (including phenoxy) is 1. The molecule has 0 saturated heterocycles. The van der Waals surface area contributed by atoms with Gasteiger partial charge in [0.05, 0.1) is 12.8 Å². The zero-order chi connectivity index (χ0) is 16.9. The van der Waals surface area contributed by atoms with Gasteiger partial charge >= 0.3 is 0 Å². The molecular formula is C20H24N2OS. The maximum absolute atomic E-state index is 5.71. The van der Waals surface area contributed by atoms with Gasteiger partial charge in [-0.05, 0) is 61.7 Å². The summed E-state index contributed by atoms with van der Waals surface area (Å²) in [4.78, 5) is 6.04. The third-order valence-corrected chi connectivity index (χ3v) is 5.04. The lowest BCUT2D eigenvalue weighted by molar-refractivity contribution is 0.392. The fourth-order valence-corrected chi connectivity index (χ4v) is 3.25. The molecule has 2 aromatic rings. The van der Waals surface area contributed by atoms with E-state index in [-0.39, 0.29) is 0 Å². The number of nitrogens with two attached hydrogens (primary N) is 1. The van der Waals surface area contributed by atoms with Gasteiger partial charge in [0.25, 0.3) is 0 Å². The Morgan fingerprint density at radius 3 is 2.58 bits per heavy atom. The van der Waals surface area contributed by atoms with Crippen LogP contribution in [0.5, 0.6) is 5.88 Å². The Kier molecular flexibility index (Phi) is 5.59. The van der Waals surface area contributed by atoms with Crippen molar-refractivity contribution in [3.8, 4) is 5.88 Å². The molecule has 0 atom stereocenters. The molecule has 4 heteroatoms. The van der Waals surface area contributed by atoms with E-state index in [1.165, 1.54) is 23.3 Å². The SMILES string of the molecule is COc1nc(C(=CCCN)c2ccc(SC)cc2)ccc1C1CC1. The van der Waals surface area contributed by atoms with Gasteiger partial charge < -0.3 is 10.5 Å². The van der Waals surface area contributed by atoms with Crippen LogP contribution in [0.2, 0.25) is 0 Å². The van der Waals surface area contributed by atoms with E-state index >= 15 is 0 Å². The van der Waals surface area contributed by atoms with E-state index in [2.05, 4.69) is 48.7 Å². The highest BCUT2D eigenvalue weighted by Gasteiger charge is 2.27. The Balaban J connectivity index is 1.98. The third-order valence-electron chi connectivity index (χ3n) is 4.29. The number of hydrogen-bond donors (Lipinski definition) is 1. The van der Waals surface area contributed by atoms with Gasteiger partial charge in [0.2, 0.25) is 5.88 Å². The Bertz CT molecular complexity index is 721. The predicted molar refractivity (Wildman–Crippen MR) is 102 cm³/mol.